The van der Waals surface area contributed by atoms with Crippen LogP contribution in [0.3, 0.4) is 0 Å². The van der Waals surface area contributed by atoms with E-state index >= 15 is 0 Å². The van der Waals surface area contributed by atoms with Gasteiger partial charge in [0.15, 0.2) is 0 Å². The minimum Gasteiger partial charge on any atom is -0.481 e. The van der Waals surface area contributed by atoms with Crippen LogP contribution in [-0.4, -0.2) is 59.6 Å². The fourth-order valence-electron chi connectivity index (χ4n) is 4.36. The number of carbonyl (C=O) groups excluding carboxylic acids is 1. The molecule has 8 heteroatoms. The number of rotatable bonds is 6. The van der Waals surface area contributed by atoms with Crippen LogP contribution in [0.1, 0.15) is 36.9 Å². The fourth-order valence-corrected chi connectivity index (χ4v) is 4.36. The summed E-state index contributed by atoms with van der Waals surface area (Å²) in [5.41, 5.74) is 1.60. The molecule has 3 atom stereocenters. The molecule has 30 heavy (non-hydrogen) atoms. The lowest BCUT2D eigenvalue weighted by atomic mass is 10.1. The third-order valence-corrected chi connectivity index (χ3v) is 6.00. The molecule has 1 amide bonds. The Balaban J connectivity index is 1.35. The van der Waals surface area contributed by atoms with Gasteiger partial charge < -0.3 is 19.9 Å². The van der Waals surface area contributed by atoms with Gasteiger partial charge in [0.1, 0.15) is 11.9 Å². The molecule has 2 unspecified atom stereocenters. The van der Waals surface area contributed by atoms with Crippen LogP contribution in [0.25, 0.3) is 0 Å². The number of carbonyl (C=O) groups is 1. The van der Waals surface area contributed by atoms with Gasteiger partial charge in [-0.1, -0.05) is 0 Å². The van der Waals surface area contributed by atoms with E-state index in [1.165, 1.54) is 0 Å². The van der Waals surface area contributed by atoms with Gasteiger partial charge in [-0.2, -0.15) is 5.26 Å². The maximum absolute atomic E-state index is 12.9. The van der Waals surface area contributed by atoms with E-state index in [2.05, 4.69) is 26.3 Å². The van der Waals surface area contributed by atoms with Crippen LogP contribution in [0.2, 0.25) is 0 Å². The molecule has 2 aromatic rings. The topological polar surface area (TPSA) is 94.4 Å². The van der Waals surface area contributed by atoms with E-state index in [-0.39, 0.29) is 24.0 Å². The Morgan fingerprint density at radius 1 is 1.30 bits per heavy atom. The molecule has 156 valence electrons. The van der Waals surface area contributed by atoms with Crippen LogP contribution in [0.5, 0.6) is 5.88 Å². The minimum atomic E-state index is 0.0201. The third kappa shape index (κ3) is 4.07. The SMILES string of the molecule is COc1cc([C@H](C)NCC(=O)N2CC3CCC(C2)N3c2ccc(C#N)cn2)ccn1. The van der Waals surface area contributed by atoms with E-state index < -0.39 is 0 Å². The number of likely N-dealkylation sites (tertiary alicyclic amines) is 1. The maximum Gasteiger partial charge on any atom is 0.236 e. The van der Waals surface area contributed by atoms with Crippen molar-refractivity contribution in [3.8, 4) is 11.9 Å². The van der Waals surface area contributed by atoms with Gasteiger partial charge in [0.2, 0.25) is 11.8 Å². The molecule has 0 saturated carbocycles. The monoisotopic (exact) mass is 406 g/mol. The largest absolute Gasteiger partial charge is 0.481 e. The maximum atomic E-state index is 12.9. The third-order valence-electron chi connectivity index (χ3n) is 6.00. The first-order valence-electron chi connectivity index (χ1n) is 10.2. The van der Waals surface area contributed by atoms with E-state index in [9.17, 15) is 4.79 Å². The van der Waals surface area contributed by atoms with Gasteiger partial charge in [-0.3, -0.25) is 4.79 Å². The number of nitriles is 1. The number of ether oxygens (including phenoxy) is 1. The van der Waals surface area contributed by atoms with E-state index in [0.717, 1.165) is 24.2 Å². The number of pyridine rings is 2. The summed E-state index contributed by atoms with van der Waals surface area (Å²) in [5.74, 6) is 1.58. The number of fused-ring (bicyclic) bond motifs is 2. The van der Waals surface area contributed by atoms with Crippen molar-refractivity contribution in [1.82, 2.24) is 20.2 Å². The Kier molecular flexibility index (Phi) is 5.81. The number of piperazine rings is 1. The summed E-state index contributed by atoms with van der Waals surface area (Å²) in [4.78, 5) is 25.7. The molecule has 4 heterocycles. The molecule has 0 spiro atoms. The van der Waals surface area contributed by atoms with Crippen LogP contribution >= 0.6 is 0 Å². The lowest BCUT2D eigenvalue weighted by Gasteiger charge is -2.42. The predicted molar refractivity (Wildman–Crippen MR) is 112 cm³/mol. The Morgan fingerprint density at radius 3 is 2.70 bits per heavy atom. The van der Waals surface area contributed by atoms with Crippen molar-refractivity contribution in [3.63, 3.8) is 0 Å². The molecule has 2 aromatic heterocycles. The summed E-state index contributed by atoms with van der Waals surface area (Å²) in [7, 11) is 1.59. The summed E-state index contributed by atoms with van der Waals surface area (Å²) in [5, 5.41) is 12.3. The number of amides is 1. The first-order chi connectivity index (χ1) is 14.6. The summed E-state index contributed by atoms with van der Waals surface area (Å²) in [6, 6.07) is 10.2. The second-order valence-electron chi connectivity index (χ2n) is 7.84. The lowest BCUT2D eigenvalue weighted by Crippen LogP contribution is -2.57. The summed E-state index contributed by atoms with van der Waals surface area (Å²) in [6.45, 7) is 3.73. The molecule has 2 saturated heterocycles. The number of methoxy groups -OCH3 is 1. The lowest BCUT2D eigenvalue weighted by molar-refractivity contribution is -0.131. The van der Waals surface area contributed by atoms with Gasteiger partial charge in [-0.25, -0.2) is 9.97 Å². The molecule has 2 bridgehead atoms. The van der Waals surface area contributed by atoms with Gasteiger partial charge in [-0.05, 0) is 43.5 Å². The highest BCUT2D eigenvalue weighted by molar-refractivity contribution is 5.79. The van der Waals surface area contributed by atoms with E-state index in [1.54, 1.807) is 25.6 Å². The molecule has 0 aromatic carbocycles. The van der Waals surface area contributed by atoms with Crippen molar-refractivity contribution in [3.05, 3.63) is 47.8 Å². The van der Waals surface area contributed by atoms with Gasteiger partial charge >= 0.3 is 0 Å². The summed E-state index contributed by atoms with van der Waals surface area (Å²) in [6.07, 6.45) is 5.43. The van der Waals surface area contributed by atoms with Gasteiger partial charge in [0.05, 0.1) is 19.2 Å². The number of aromatic nitrogens is 2. The van der Waals surface area contributed by atoms with Crippen molar-refractivity contribution in [2.75, 3.05) is 31.6 Å². The zero-order valence-electron chi connectivity index (χ0n) is 17.3. The smallest absolute Gasteiger partial charge is 0.236 e. The first-order valence-corrected chi connectivity index (χ1v) is 10.2. The highest BCUT2D eigenvalue weighted by atomic mass is 16.5. The second-order valence-corrected chi connectivity index (χ2v) is 7.84. The van der Waals surface area contributed by atoms with Crippen LogP contribution in [-0.2, 0) is 4.79 Å². The molecule has 8 nitrogen and oxygen atoms in total. The normalized spacial score (nSPS) is 21.2. The predicted octanol–water partition coefficient (Wildman–Crippen LogP) is 1.89. The van der Waals surface area contributed by atoms with E-state index in [1.807, 2.05) is 30.0 Å². The van der Waals surface area contributed by atoms with Crippen LogP contribution < -0.4 is 15.0 Å². The second kappa shape index (κ2) is 8.67. The molecule has 0 aliphatic carbocycles. The van der Waals surface area contributed by atoms with Crippen LogP contribution in [0.15, 0.2) is 36.7 Å². The van der Waals surface area contributed by atoms with E-state index in [0.29, 0.717) is 31.1 Å². The highest BCUT2D eigenvalue weighted by Crippen LogP contribution is 2.33. The molecule has 4 rings (SSSR count). The van der Waals surface area contributed by atoms with Crippen molar-refractivity contribution in [1.29, 1.82) is 5.26 Å². The van der Waals surface area contributed by atoms with Crippen molar-refractivity contribution in [2.45, 2.75) is 37.9 Å². The Morgan fingerprint density at radius 2 is 2.07 bits per heavy atom. The average molecular weight is 406 g/mol. The Bertz CT molecular complexity index is 927. The van der Waals surface area contributed by atoms with Crippen molar-refractivity contribution >= 4 is 11.7 Å². The number of hydrogen-bond acceptors (Lipinski definition) is 7. The molecule has 2 fully saturated rings. The Hall–Kier alpha value is -3.18. The van der Waals surface area contributed by atoms with Crippen molar-refractivity contribution in [2.24, 2.45) is 0 Å². The molecule has 1 N–H and O–H groups in total. The quantitative estimate of drug-likeness (QED) is 0.783. The zero-order chi connectivity index (χ0) is 21.1. The van der Waals surface area contributed by atoms with E-state index in [4.69, 9.17) is 10.00 Å². The number of nitrogens with one attached hydrogen (secondary N) is 1. The fraction of sp³-hybridized carbons (Fsp3) is 0.455. The number of anilines is 1. The van der Waals surface area contributed by atoms with Crippen molar-refractivity contribution < 1.29 is 9.53 Å². The van der Waals surface area contributed by atoms with Gasteiger partial charge in [0.25, 0.3) is 0 Å². The molecule has 0 radical (unpaired) electrons. The summed E-state index contributed by atoms with van der Waals surface area (Å²) < 4.78 is 5.18. The van der Waals surface area contributed by atoms with Gasteiger partial charge in [-0.15, -0.1) is 0 Å². The zero-order valence-corrected chi connectivity index (χ0v) is 17.3. The van der Waals surface area contributed by atoms with Gasteiger partial charge in [0, 0.05) is 49.7 Å². The van der Waals surface area contributed by atoms with Crippen LogP contribution in [0, 0.1) is 11.3 Å². The minimum absolute atomic E-state index is 0.0201. The molecule has 2 aliphatic heterocycles. The standard InChI is InChI=1S/C22H26N6O2/c1-15(17-7-8-24-21(9-17)30-2)25-12-22(29)27-13-18-4-5-19(14-27)28(18)20-6-3-16(10-23)11-26-20/h3,6-9,11,15,18-19,25H,4-5,12-14H2,1-2H3/t15-,18?,19?/m0/s1. The molecule has 2 aliphatic rings. The molecular weight excluding hydrogens is 380 g/mol. The first kappa shape index (κ1) is 20.1. The average Bonchev–Trinajstić information content (AvgIpc) is 3.06. The molecular formula is C22H26N6O2. The van der Waals surface area contributed by atoms with Crippen LogP contribution in [0.4, 0.5) is 5.82 Å². The number of hydrogen-bond donors (Lipinski definition) is 1. The summed E-state index contributed by atoms with van der Waals surface area (Å²) >= 11 is 0. The number of nitrogens with zero attached hydrogens (tertiary/aromatic N) is 5. The Labute approximate surface area is 176 Å². The highest BCUT2D eigenvalue weighted by Gasteiger charge is 2.41.